The average Bonchev–Trinajstić information content (AvgIpc) is 3.12. The standard InChI is InChI=1S/C20H32N4O3/c1-22-10-3-4-17(22)18(25)24-11-5-16(6-12-24)23-13-7-20(8-14-23,19(21)26)9-15-27-2/h3-4,10,16H,5-9,11-15H2,1-2H3,(H2,21,26). The first-order valence-corrected chi connectivity index (χ1v) is 9.90. The van der Waals surface area contributed by atoms with Gasteiger partial charge in [-0.1, -0.05) is 0 Å². The van der Waals surface area contributed by atoms with Gasteiger partial charge >= 0.3 is 0 Å². The zero-order chi connectivity index (χ0) is 19.4. The number of amides is 2. The lowest BCUT2D eigenvalue weighted by atomic mass is 9.74. The topological polar surface area (TPSA) is 80.8 Å². The van der Waals surface area contributed by atoms with Crippen LogP contribution in [0.25, 0.3) is 0 Å². The summed E-state index contributed by atoms with van der Waals surface area (Å²) in [5.41, 5.74) is 6.04. The summed E-state index contributed by atoms with van der Waals surface area (Å²) in [4.78, 5) is 29.1. The van der Waals surface area contributed by atoms with Crippen LogP contribution in [0.1, 0.15) is 42.6 Å². The molecule has 2 aliphatic heterocycles. The Labute approximate surface area is 161 Å². The molecule has 3 heterocycles. The highest BCUT2D eigenvalue weighted by molar-refractivity contribution is 5.92. The molecule has 3 rings (SSSR count). The largest absolute Gasteiger partial charge is 0.385 e. The summed E-state index contributed by atoms with van der Waals surface area (Å²) in [7, 11) is 3.57. The van der Waals surface area contributed by atoms with Crippen LogP contribution < -0.4 is 5.73 Å². The first kappa shape index (κ1) is 19.9. The summed E-state index contributed by atoms with van der Waals surface area (Å²) < 4.78 is 7.05. The molecule has 1 aromatic heterocycles. The molecule has 27 heavy (non-hydrogen) atoms. The maximum Gasteiger partial charge on any atom is 0.270 e. The number of primary amides is 1. The molecule has 0 atom stereocenters. The summed E-state index contributed by atoms with van der Waals surface area (Å²) >= 11 is 0. The smallest absolute Gasteiger partial charge is 0.270 e. The van der Waals surface area contributed by atoms with Gasteiger partial charge in [0.1, 0.15) is 5.69 Å². The molecule has 0 bridgehead atoms. The number of nitrogens with two attached hydrogens (primary N) is 1. The molecule has 0 aliphatic carbocycles. The van der Waals surface area contributed by atoms with Crippen molar-refractivity contribution in [2.45, 2.75) is 38.1 Å². The van der Waals surface area contributed by atoms with Crippen molar-refractivity contribution in [3.05, 3.63) is 24.0 Å². The average molecular weight is 377 g/mol. The van der Waals surface area contributed by atoms with E-state index in [-0.39, 0.29) is 11.8 Å². The van der Waals surface area contributed by atoms with Gasteiger partial charge in [-0.2, -0.15) is 0 Å². The quantitative estimate of drug-likeness (QED) is 0.810. The molecule has 150 valence electrons. The van der Waals surface area contributed by atoms with Gasteiger partial charge in [-0.25, -0.2) is 0 Å². The van der Waals surface area contributed by atoms with Crippen molar-refractivity contribution in [2.75, 3.05) is 39.9 Å². The van der Waals surface area contributed by atoms with Crippen LogP contribution >= 0.6 is 0 Å². The Bertz CT molecular complexity index is 656. The fourth-order valence-electron chi connectivity index (χ4n) is 4.51. The number of hydrogen-bond acceptors (Lipinski definition) is 4. The molecule has 2 aliphatic rings. The summed E-state index contributed by atoms with van der Waals surface area (Å²) in [6.07, 6.45) is 6.18. The van der Waals surface area contributed by atoms with Crippen molar-refractivity contribution >= 4 is 11.8 Å². The fraction of sp³-hybridized carbons (Fsp3) is 0.700. The molecule has 0 saturated carbocycles. The Hall–Kier alpha value is -1.86. The van der Waals surface area contributed by atoms with Gasteiger partial charge in [-0.3, -0.25) is 9.59 Å². The first-order valence-electron chi connectivity index (χ1n) is 9.90. The van der Waals surface area contributed by atoms with Gasteiger partial charge in [-0.05, 0) is 57.3 Å². The summed E-state index contributed by atoms with van der Waals surface area (Å²) in [5, 5.41) is 0. The van der Waals surface area contributed by atoms with E-state index >= 15 is 0 Å². The van der Waals surface area contributed by atoms with E-state index < -0.39 is 5.41 Å². The molecule has 2 saturated heterocycles. The Morgan fingerprint density at radius 1 is 1.22 bits per heavy atom. The van der Waals surface area contributed by atoms with Crippen molar-refractivity contribution in [1.82, 2.24) is 14.4 Å². The van der Waals surface area contributed by atoms with E-state index in [0.29, 0.717) is 19.1 Å². The van der Waals surface area contributed by atoms with Crippen molar-refractivity contribution < 1.29 is 14.3 Å². The molecule has 0 radical (unpaired) electrons. The maximum atomic E-state index is 12.7. The highest BCUT2D eigenvalue weighted by Crippen LogP contribution is 2.36. The van der Waals surface area contributed by atoms with E-state index in [1.807, 2.05) is 34.8 Å². The Balaban J connectivity index is 1.51. The normalized spacial score (nSPS) is 21.3. The highest BCUT2D eigenvalue weighted by atomic mass is 16.5. The third-order valence-electron chi connectivity index (χ3n) is 6.49. The van der Waals surface area contributed by atoms with E-state index in [1.54, 1.807) is 7.11 Å². The van der Waals surface area contributed by atoms with Crippen molar-refractivity contribution in [1.29, 1.82) is 0 Å². The monoisotopic (exact) mass is 376 g/mol. The lowest BCUT2D eigenvalue weighted by Crippen LogP contribution is -2.53. The zero-order valence-corrected chi connectivity index (χ0v) is 16.5. The molecule has 2 N–H and O–H groups in total. The van der Waals surface area contributed by atoms with Gasteiger partial charge in [0.25, 0.3) is 5.91 Å². The molecule has 7 heteroatoms. The van der Waals surface area contributed by atoms with E-state index in [2.05, 4.69) is 4.90 Å². The van der Waals surface area contributed by atoms with Gasteiger partial charge < -0.3 is 24.8 Å². The minimum atomic E-state index is -0.421. The van der Waals surface area contributed by atoms with E-state index in [4.69, 9.17) is 10.5 Å². The number of piperidine rings is 2. The Morgan fingerprint density at radius 3 is 2.41 bits per heavy atom. The van der Waals surface area contributed by atoms with Crippen LogP contribution in [0.5, 0.6) is 0 Å². The second-order valence-corrected chi connectivity index (χ2v) is 7.95. The van der Waals surface area contributed by atoms with Crippen LogP contribution in [0.3, 0.4) is 0 Å². The molecule has 1 aromatic rings. The molecular weight excluding hydrogens is 344 g/mol. The van der Waals surface area contributed by atoms with Crippen LogP contribution in [0.4, 0.5) is 0 Å². The van der Waals surface area contributed by atoms with Gasteiger partial charge in [0.2, 0.25) is 5.91 Å². The summed E-state index contributed by atoms with van der Waals surface area (Å²) in [6, 6.07) is 4.26. The Kier molecular flexibility index (Phi) is 6.22. The molecule has 0 aromatic carbocycles. The van der Waals surface area contributed by atoms with Crippen molar-refractivity contribution in [3.8, 4) is 0 Å². The van der Waals surface area contributed by atoms with Crippen LogP contribution in [0.15, 0.2) is 18.3 Å². The number of aryl methyl sites for hydroxylation is 1. The number of likely N-dealkylation sites (tertiary alicyclic amines) is 2. The highest BCUT2D eigenvalue weighted by Gasteiger charge is 2.41. The minimum Gasteiger partial charge on any atom is -0.385 e. The van der Waals surface area contributed by atoms with Gasteiger partial charge in [0.15, 0.2) is 0 Å². The predicted molar refractivity (Wildman–Crippen MR) is 103 cm³/mol. The molecule has 2 amide bonds. The van der Waals surface area contributed by atoms with Crippen LogP contribution in [0, 0.1) is 5.41 Å². The summed E-state index contributed by atoms with van der Waals surface area (Å²) in [5.74, 6) is -0.0749. The van der Waals surface area contributed by atoms with Crippen molar-refractivity contribution in [2.24, 2.45) is 18.2 Å². The maximum absolute atomic E-state index is 12.7. The van der Waals surface area contributed by atoms with E-state index in [1.165, 1.54) is 0 Å². The molecule has 0 spiro atoms. The lowest BCUT2D eigenvalue weighted by Gasteiger charge is -2.45. The van der Waals surface area contributed by atoms with Gasteiger partial charge in [0.05, 0.1) is 5.41 Å². The predicted octanol–water partition coefficient (Wildman–Crippen LogP) is 1.23. The second kappa shape index (κ2) is 8.44. The number of rotatable bonds is 6. The summed E-state index contributed by atoms with van der Waals surface area (Å²) in [6.45, 7) is 3.93. The molecule has 2 fully saturated rings. The minimum absolute atomic E-state index is 0.118. The number of aromatic nitrogens is 1. The van der Waals surface area contributed by atoms with Gasteiger partial charge in [0, 0.05) is 46.1 Å². The Morgan fingerprint density at radius 2 is 1.89 bits per heavy atom. The number of carbonyl (C=O) groups excluding carboxylic acids is 2. The van der Waals surface area contributed by atoms with Gasteiger partial charge in [-0.15, -0.1) is 0 Å². The zero-order valence-electron chi connectivity index (χ0n) is 16.5. The fourth-order valence-corrected chi connectivity index (χ4v) is 4.51. The van der Waals surface area contributed by atoms with Crippen LogP contribution in [0.2, 0.25) is 0 Å². The van der Waals surface area contributed by atoms with Crippen LogP contribution in [-0.4, -0.2) is 72.1 Å². The number of nitrogens with zero attached hydrogens (tertiary/aromatic N) is 3. The molecule has 0 unspecified atom stereocenters. The lowest BCUT2D eigenvalue weighted by molar-refractivity contribution is -0.132. The molecular formula is C20H32N4O3. The second-order valence-electron chi connectivity index (χ2n) is 7.95. The first-order chi connectivity index (χ1) is 13.0. The van der Waals surface area contributed by atoms with E-state index in [0.717, 1.165) is 57.6 Å². The third-order valence-corrected chi connectivity index (χ3v) is 6.49. The SMILES string of the molecule is COCCC1(C(N)=O)CCN(C2CCN(C(=O)c3cccn3C)CC2)CC1. The number of hydrogen-bond donors (Lipinski definition) is 1. The molecule has 7 nitrogen and oxygen atoms in total. The number of carbonyl (C=O) groups is 2. The third kappa shape index (κ3) is 4.19. The number of ether oxygens (including phenoxy) is 1. The van der Waals surface area contributed by atoms with Crippen LogP contribution in [-0.2, 0) is 16.6 Å². The number of methoxy groups -OCH3 is 1. The van der Waals surface area contributed by atoms with Crippen molar-refractivity contribution in [3.63, 3.8) is 0 Å². The van der Waals surface area contributed by atoms with E-state index in [9.17, 15) is 9.59 Å².